The maximum atomic E-state index is 11.8. The van der Waals surface area contributed by atoms with Crippen LogP contribution in [0.5, 0.6) is 0 Å². The first-order valence-electron chi connectivity index (χ1n) is 8.94. The number of amides is 1. The van der Waals surface area contributed by atoms with Crippen molar-refractivity contribution >= 4 is 17.4 Å². The summed E-state index contributed by atoms with van der Waals surface area (Å²) in [5.74, 6) is 0.430. The molecule has 26 heavy (non-hydrogen) atoms. The maximum Gasteiger partial charge on any atom is 0.243 e. The van der Waals surface area contributed by atoms with Gasteiger partial charge < -0.3 is 5.73 Å². The van der Waals surface area contributed by atoms with E-state index in [-0.39, 0.29) is 0 Å². The van der Waals surface area contributed by atoms with Gasteiger partial charge in [0.15, 0.2) is 0 Å². The lowest BCUT2D eigenvalue weighted by atomic mass is 10.0. The van der Waals surface area contributed by atoms with Crippen molar-refractivity contribution in [1.29, 1.82) is 0 Å². The van der Waals surface area contributed by atoms with E-state index in [4.69, 9.17) is 5.73 Å². The lowest BCUT2D eigenvalue weighted by molar-refractivity contribution is -0.112. The zero-order chi connectivity index (χ0) is 18.1. The molecule has 0 aliphatic carbocycles. The van der Waals surface area contributed by atoms with Gasteiger partial charge in [-0.3, -0.25) is 4.79 Å². The Balaban J connectivity index is 1.69. The van der Waals surface area contributed by atoms with Crippen LogP contribution in [0.2, 0.25) is 0 Å². The normalized spacial score (nSPS) is 17.7. The molecule has 1 aliphatic heterocycles. The first-order valence-corrected chi connectivity index (χ1v) is 8.94. The number of rotatable bonds is 5. The van der Waals surface area contributed by atoms with Crippen LogP contribution < -0.4 is 10.9 Å². The van der Waals surface area contributed by atoms with E-state index >= 15 is 0 Å². The zero-order valence-electron chi connectivity index (χ0n) is 14.9. The molecule has 2 aromatic carbocycles. The molecule has 1 fully saturated rings. The summed E-state index contributed by atoms with van der Waals surface area (Å²) in [6.07, 6.45) is 3.55. The number of aryl methyl sites for hydroxylation is 1. The Morgan fingerprint density at radius 1 is 1.31 bits per heavy atom. The molecule has 0 radical (unpaired) electrons. The van der Waals surface area contributed by atoms with Crippen molar-refractivity contribution in [2.45, 2.75) is 13.3 Å². The summed E-state index contributed by atoms with van der Waals surface area (Å²) >= 11 is 0. The van der Waals surface area contributed by atoms with E-state index in [0.717, 1.165) is 42.5 Å². The number of carbonyl (C=O) groups excluding carboxylic acids is 1. The molecule has 3 aromatic rings. The first kappa shape index (κ1) is 16.8. The number of carbonyl (C=O) groups is 1. The van der Waals surface area contributed by atoms with E-state index in [0.29, 0.717) is 12.5 Å². The van der Waals surface area contributed by atoms with Gasteiger partial charge in [-0.05, 0) is 54.6 Å². The standard InChI is InChI=1S/C20H23N5O/c1-15-4-2-3-5-18(15)17-6-7-20-19(10-17)22-13-24(20)25(14-26)23-9-8-16(11-21)12-23/h2-7,10,13-14,16H,8-9,11-12,21H2,1H3/t16-/m1/s1. The fourth-order valence-corrected chi connectivity index (χ4v) is 3.67. The number of hydrazine groups is 1. The molecular weight excluding hydrogens is 326 g/mol. The van der Waals surface area contributed by atoms with Gasteiger partial charge in [-0.2, -0.15) is 10.1 Å². The molecule has 1 aromatic heterocycles. The van der Waals surface area contributed by atoms with Crippen LogP contribution in [0.1, 0.15) is 12.0 Å². The van der Waals surface area contributed by atoms with E-state index in [2.05, 4.69) is 36.2 Å². The Bertz CT molecular complexity index is 935. The summed E-state index contributed by atoms with van der Waals surface area (Å²) < 4.78 is 1.81. The summed E-state index contributed by atoms with van der Waals surface area (Å²) in [6.45, 7) is 4.36. The quantitative estimate of drug-likeness (QED) is 0.718. The van der Waals surface area contributed by atoms with Crippen molar-refractivity contribution in [1.82, 2.24) is 14.7 Å². The predicted molar refractivity (Wildman–Crippen MR) is 103 cm³/mol. The number of nitrogens with zero attached hydrogens (tertiary/aromatic N) is 4. The summed E-state index contributed by atoms with van der Waals surface area (Å²) in [4.78, 5) is 16.3. The second-order valence-electron chi connectivity index (χ2n) is 6.84. The maximum absolute atomic E-state index is 11.8. The molecule has 0 spiro atoms. The second kappa shape index (κ2) is 6.90. The third-order valence-corrected chi connectivity index (χ3v) is 5.19. The van der Waals surface area contributed by atoms with Gasteiger partial charge in [0.25, 0.3) is 0 Å². The average Bonchev–Trinajstić information content (AvgIpc) is 3.30. The monoisotopic (exact) mass is 349 g/mol. The van der Waals surface area contributed by atoms with Gasteiger partial charge in [-0.25, -0.2) is 9.66 Å². The fraction of sp³-hybridized carbons (Fsp3) is 0.300. The number of aromatic nitrogens is 2. The molecule has 6 heteroatoms. The smallest absolute Gasteiger partial charge is 0.243 e. The van der Waals surface area contributed by atoms with E-state index in [1.54, 1.807) is 11.4 Å². The van der Waals surface area contributed by atoms with Gasteiger partial charge in [0.2, 0.25) is 6.41 Å². The fourth-order valence-electron chi connectivity index (χ4n) is 3.67. The Labute approximate surface area is 152 Å². The minimum absolute atomic E-state index is 0.430. The van der Waals surface area contributed by atoms with Crippen molar-refractivity contribution in [3.63, 3.8) is 0 Å². The van der Waals surface area contributed by atoms with E-state index in [1.807, 2.05) is 27.9 Å². The van der Waals surface area contributed by atoms with Crippen LogP contribution in [-0.4, -0.2) is 40.7 Å². The molecule has 1 amide bonds. The second-order valence-corrected chi connectivity index (χ2v) is 6.84. The summed E-state index contributed by atoms with van der Waals surface area (Å²) in [7, 11) is 0. The third-order valence-electron chi connectivity index (χ3n) is 5.19. The highest BCUT2D eigenvalue weighted by molar-refractivity contribution is 5.84. The van der Waals surface area contributed by atoms with E-state index in [9.17, 15) is 4.79 Å². The number of benzene rings is 2. The topological polar surface area (TPSA) is 67.4 Å². The van der Waals surface area contributed by atoms with Gasteiger partial charge in [0, 0.05) is 13.1 Å². The summed E-state index contributed by atoms with van der Waals surface area (Å²) in [5, 5.41) is 3.64. The van der Waals surface area contributed by atoms with Gasteiger partial charge in [0.05, 0.1) is 11.0 Å². The number of fused-ring (bicyclic) bond motifs is 1. The number of imidazole rings is 1. The van der Waals surface area contributed by atoms with E-state index in [1.165, 1.54) is 11.1 Å². The van der Waals surface area contributed by atoms with Crippen LogP contribution in [-0.2, 0) is 4.79 Å². The van der Waals surface area contributed by atoms with Crippen molar-refractivity contribution < 1.29 is 4.79 Å². The first-order chi connectivity index (χ1) is 12.7. The largest absolute Gasteiger partial charge is 0.330 e. The Hall–Kier alpha value is -2.70. The molecular formula is C20H23N5O. The highest BCUT2D eigenvalue weighted by atomic mass is 16.2. The zero-order valence-corrected chi connectivity index (χ0v) is 14.9. The number of nitrogens with two attached hydrogens (primary N) is 1. The third kappa shape index (κ3) is 2.87. The SMILES string of the molecule is Cc1ccccc1-c1ccc2c(c1)ncn2N(C=O)N1CC[C@H](CN)C1. The summed E-state index contributed by atoms with van der Waals surface area (Å²) in [5.41, 5.74) is 11.1. The van der Waals surface area contributed by atoms with Crippen molar-refractivity contribution in [2.24, 2.45) is 11.7 Å². The molecule has 0 bridgehead atoms. The molecule has 1 atom stereocenters. The van der Waals surface area contributed by atoms with Gasteiger partial charge in [0.1, 0.15) is 6.33 Å². The molecule has 0 saturated carbocycles. The lowest BCUT2D eigenvalue weighted by Gasteiger charge is -2.28. The molecule has 0 unspecified atom stereocenters. The van der Waals surface area contributed by atoms with Crippen LogP contribution in [0, 0.1) is 12.8 Å². The van der Waals surface area contributed by atoms with Crippen LogP contribution in [0.4, 0.5) is 0 Å². The molecule has 134 valence electrons. The molecule has 4 rings (SSSR count). The Morgan fingerprint density at radius 2 is 2.15 bits per heavy atom. The van der Waals surface area contributed by atoms with Gasteiger partial charge in [-0.1, -0.05) is 30.3 Å². The molecule has 6 nitrogen and oxygen atoms in total. The molecule has 1 saturated heterocycles. The lowest BCUT2D eigenvalue weighted by Crippen LogP contribution is -2.47. The van der Waals surface area contributed by atoms with Crippen molar-refractivity contribution in [2.75, 3.05) is 24.8 Å². The highest BCUT2D eigenvalue weighted by Crippen LogP contribution is 2.27. The molecule has 2 heterocycles. The Kier molecular flexibility index (Phi) is 4.44. The minimum Gasteiger partial charge on any atom is -0.330 e. The van der Waals surface area contributed by atoms with Crippen LogP contribution >= 0.6 is 0 Å². The number of hydrogen-bond donors (Lipinski definition) is 1. The van der Waals surface area contributed by atoms with Crippen LogP contribution in [0.15, 0.2) is 48.8 Å². The number of hydrogen-bond acceptors (Lipinski definition) is 4. The summed E-state index contributed by atoms with van der Waals surface area (Å²) in [6, 6.07) is 14.5. The predicted octanol–water partition coefficient (Wildman–Crippen LogP) is 2.30. The molecule has 1 aliphatic rings. The molecule has 2 N–H and O–H groups in total. The van der Waals surface area contributed by atoms with Crippen molar-refractivity contribution in [3.05, 3.63) is 54.4 Å². The minimum atomic E-state index is 0.430. The van der Waals surface area contributed by atoms with Crippen LogP contribution in [0.3, 0.4) is 0 Å². The Morgan fingerprint density at radius 3 is 2.88 bits per heavy atom. The van der Waals surface area contributed by atoms with Crippen molar-refractivity contribution in [3.8, 4) is 11.1 Å². The van der Waals surface area contributed by atoms with Gasteiger partial charge in [-0.15, -0.1) is 0 Å². The van der Waals surface area contributed by atoms with E-state index < -0.39 is 0 Å². The highest BCUT2D eigenvalue weighted by Gasteiger charge is 2.27. The average molecular weight is 349 g/mol. The van der Waals surface area contributed by atoms with Crippen LogP contribution in [0.25, 0.3) is 22.2 Å². The van der Waals surface area contributed by atoms with Gasteiger partial charge >= 0.3 is 0 Å².